The number of carbonyl (C=O) groups excluding carboxylic acids is 1. The van der Waals surface area contributed by atoms with Crippen LogP contribution in [-0.4, -0.2) is 24.0 Å². The van der Waals surface area contributed by atoms with E-state index in [0.717, 1.165) is 12.1 Å². The van der Waals surface area contributed by atoms with Gasteiger partial charge in [0.2, 0.25) is 5.91 Å². The molecule has 1 amide bonds. The molecule has 0 saturated heterocycles. The molecule has 0 heterocycles. The molecule has 0 atom stereocenters. The fourth-order valence-corrected chi connectivity index (χ4v) is 2.28. The van der Waals surface area contributed by atoms with E-state index in [-0.39, 0.29) is 11.7 Å². The van der Waals surface area contributed by atoms with E-state index < -0.39 is 15.0 Å². The summed E-state index contributed by atoms with van der Waals surface area (Å²) in [6, 6.07) is 6.63. The van der Waals surface area contributed by atoms with Crippen LogP contribution in [0.15, 0.2) is 35.2 Å². The average Bonchev–Trinajstić information content (AvgIpc) is 2.26. The largest absolute Gasteiger partial charge is 0.744 e. The third-order valence-electron chi connectivity index (χ3n) is 2.51. The maximum absolute atomic E-state index is 11.0. The molecule has 0 fully saturated rings. The molecule has 0 aliphatic heterocycles. The number of hydrogen-bond donors (Lipinski definition) is 2. The van der Waals surface area contributed by atoms with Crippen molar-refractivity contribution in [3.63, 3.8) is 0 Å². The molecule has 100 valence electrons. The number of benzene rings is 2. The van der Waals surface area contributed by atoms with Crippen LogP contribution in [0.1, 0.15) is 6.92 Å². The van der Waals surface area contributed by atoms with Crippen LogP contribution >= 0.6 is 0 Å². The molecule has 2 aromatic carbocycles. The second-order valence-corrected chi connectivity index (χ2v) is 5.39. The fourth-order valence-electron chi connectivity index (χ4n) is 1.75. The molecule has 0 aliphatic rings. The summed E-state index contributed by atoms with van der Waals surface area (Å²) in [5.74, 6) is -0.586. The number of nitrogens with one attached hydrogen (secondary N) is 1. The molecular formula is C12H10NO5S-. The molecule has 6 nitrogen and oxygen atoms in total. The molecule has 0 radical (unpaired) electrons. The maximum Gasteiger partial charge on any atom is 0.221 e. The topological polar surface area (TPSA) is 107 Å². The van der Waals surface area contributed by atoms with Crippen molar-refractivity contribution in [3.05, 3.63) is 30.3 Å². The van der Waals surface area contributed by atoms with Gasteiger partial charge in [0.25, 0.3) is 0 Å². The molecule has 19 heavy (non-hydrogen) atoms. The summed E-state index contributed by atoms with van der Waals surface area (Å²) in [7, 11) is -4.65. The van der Waals surface area contributed by atoms with Crippen LogP contribution in [0.4, 0.5) is 5.69 Å². The molecule has 0 bridgehead atoms. The summed E-state index contributed by atoms with van der Waals surface area (Å²) in [6.07, 6.45) is 0. The summed E-state index contributed by atoms with van der Waals surface area (Å²) < 4.78 is 32.9. The predicted octanol–water partition coefficient (Wildman–Crippen LogP) is 1.41. The van der Waals surface area contributed by atoms with Gasteiger partial charge in [0.15, 0.2) is 0 Å². The van der Waals surface area contributed by atoms with Gasteiger partial charge in [-0.15, -0.1) is 0 Å². The molecule has 2 N–H and O–H groups in total. The SMILES string of the molecule is CC(=O)Nc1ccc2c(O)cc(S(=O)(=O)[O-])cc2c1. The third kappa shape index (κ3) is 2.83. The highest BCUT2D eigenvalue weighted by Gasteiger charge is 2.08. The van der Waals surface area contributed by atoms with Crippen LogP contribution in [0.3, 0.4) is 0 Å². The smallest absolute Gasteiger partial charge is 0.221 e. The van der Waals surface area contributed by atoms with E-state index in [0.29, 0.717) is 16.5 Å². The summed E-state index contributed by atoms with van der Waals surface area (Å²) in [6.45, 7) is 1.33. The van der Waals surface area contributed by atoms with E-state index >= 15 is 0 Å². The van der Waals surface area contributed by atoms with E-state index in [1.165, 1.54) is 19.1 Å². The van der Waals surface area contributed by atoms with Gasteiger partial charge in [0, 0.05) is 18.0 Å². The van der Waals surface area contributed by atoms with Crippen LogP contribution in [0.25, 0.3) is 10.8 Å². The Labute approximate surface area is 109 Å². The molecule has 0 saturated carbocycles. The number of anilines is 1. The lowest BCUT2D eigenvalue weighted by atomic mass is 10.1. The Bertz CT molecular complexity index is 767. The Hall–Kier alpha value is -2.12. The molecule has 0 aliphatic carbocycles. The second-order valence-electron chi connectivity index (χ2n) is 4.01. The number of fused-ring (bicyclic) bond motifs is 1. The first-order valence-corrected chi connectivity index (χ1v) is 6.68. The van der Waals surface area contributed by atoms with Crippen molar-refractivity contribution in [3.8, 4) is 5.75 Å². The van der Waals surface area contributed by atoms with Gasteiger partial charge in [0.05, 0.1) is 4.90 Å². The highest BCUT2D eigenvalue weighted by molar-refractivity contribution is 7.85. The summed E-state index contributed by atoms with van der Waals surface area (Å²) >= 11 is 0. The minimum absolute atomic E-state index is 0.281. The fraction of sp³-hybridized carbons (Fsp3) is 0.0833. The van der Waals surface area contributed by atoms with E-state index in [4.69, 9.17) is 0 Å². The van der Waals surface area contributed by atoms with Crippen LogP contribution < -0.4 is 5.32 Å². The monoisotopic (exact) mass is 280 g/mol. The number of aromatic hydroxyl groups is 1. The zero-order valence-electron chi connectivity index (χ0n) is 9.88. The summed E-state index contributed by atoms with van der Waals surface area (Å²) in [5.41, 5.74) is 0.444. The number of rotatable bonds is 2. The molecule has 0 spiro atoms. The number of carbonyl (C=O) groups is 1. The minimum atomic E-state index is -4.65. The first kappa shape index (κ1) is 13.3. The predicted molar refractivity (Wildman–Crippen MR) is 67.9 cm³/mol. The number of hydrogen-bond acceptors (Lipinski definition) is 5. The van der Waals surface area contributed by atoms with Crippen molar-refractivity contribution in [1.82, 2.24) is 0 Å². The standard InChI is InChI=1S/C12H11NO5S/c1-7(14)13-9-2-3-11-8(4-9)5-10(6-12(11)15)19(16,17)18/h2-6,15H,1H3,(H,13,14)(H,16,17,18)/p-1. The van der Waals surface area contributed by atoms with Crippen molar-refractivity contribution >= 4 is 32.5 Å². The Kier molecular flexibility index (Phi) is 3.17. The number of phenols is 1. The van der Waals surface area contributed by atoms with Crippen molar-refractivity contribution in [2.75, 3.05) is 5.32 Å². The zero-order valence-corrected chi connectivity index (χ0v) is 10.7. The highest BCUT2D eigenvalue weighted by Crippen LogP contribution is 2.30. The Morgan fingerprint density at radius 2 is 1.95 bits per heavy atom. The van der Waals surface area contributed by atoms with Gasteiger partial charge in [0.1, 0.15) is 15.9 Å². The number of amides is 1. The van der Waals surface area contributed by atoms with Gasteiger partial charge in [-0.05, 0) is 35.7 Å². The molecule has 0 aromatic heterocycles. The highest BCUT2D eigenvalue weighted by atomic mass is 32.2. The zero-order chi connectivity index (χ0) is 14.2. The molecule has 0 unspecified atom stereocenters. The maximum atomic E-state index is 11.0. The van der Waals surface area contributed by atoms with E-state index in [9.17, 15) is 22.9 Å². The quantitative estimate of drug-likeness (QED) is 0.809. The van der Waals surface area contributed by atoms with Crippen molar-refractivity contribution in [2.45, 2.75) is 11.8 Å². The Balaban J connectivity index is 2.66. The van der Waals surface area contributed by atoms with E-state index in [2.05, 4.69) is 5.32 Å². The van der Waals surface area contributed by atoms with Crippen molar-refractivity contribution in [1.29, 1.82) is 0 Å². The molecule has 2 rings (SSSR count). The lowest BCUT2D eigenvalue weighted by Gasteiger charge is -2.11. The van der Waals surface area contributed by atoms with Crippen molar-refractivity contribution < 1.29 is 22.9 Å². The third-order valence-corrected chi connectivity index (χ3v) is 3.33. The summed E-state index contributed by atoms with van der Waals surface area (Å²) in [4.78, 5) is 10.4. The molecular weight excluding hydrogens is 270 g/mol. The van der Waals surface area contributed by atoms with Gasteiger partial charge in [-0.2, -0.15) is 0 Å². The average molecular weight is 280 g/mol. The molecule has 2 aromatic rings. The van der Waals surface area contributed by atoms with Gasteiger partial charge < -0.3 is 15.0 Å². The Morgan fingerprint density at radius 3 is 2.53 bits per heavy atom. The molecule has 7 heteroatoms. The van der Waals surface area contributed by atoms with Gasteiger partial charge in [-0.25, -0.2) is 8.42 Å². The van der Waals surface area contributed by atoms with E-state index in [1.54, 1.807) is 6.07 Å². The van der Waals surface area contributed by atoms with Crippen molar-refractivity contribution in [2.24, 2.45) is 0 Å². The number of phenolic OH excluding ortho intramolecular Hbond substituents is 1. The van der Waals surface area contributed by atoms with Gasteiger partial charge in [-0.1, -0.05) is 0 Å². The van der Waals surface area contributed by atoms with Gasteiger partial charge >= 0.3 is 0 Å². The first-order valence-electron chi connectivity index (χ1n) is 5.27. The lowest BCUT2D eigenvalue weighted by molar-refractivity contribution is -0.114. The van der Waals surface area contributed by atoms with Crippen LogP contribution in [-0.2, 0) is 14.9 Å². The normalized spacial score (nSPS) is 11.5. The van der Waals surface area contributed by atoms with Gasteiger partial charge in [-0.3, -0.25) is 4.79 Å². The van der Waals surface area contributed by atoms with Crippen LogP contribution in [0.5, 0.6) is 5.75 Å². The first-order chi connectivity index (χ1) is 8.77. The lowest BCUT2D eigenvalue weighted by Crippen LogP contribution is -2.05. The van der Waals surface area contributed by atoms with Crippen LogP contribution in [0, 0.1) is 0 Å². The summed E-state index contributed by atoms with van der Waals surface area (Å²) in [5, 5.41) is 13.0. The van der Waals surface area contributed by atoms with E-state index in [1.807, 2.05) is 0 Å². The minimum Gasteiger partial charge on any atom is -0.744 e. The van der Waals surface area contributed by atoms with Crippen LogP contribution in [0.2, 0.25) is 0 Å². The second kappa shape index (κ2) is 4.52. The Morgan fingerprint density at radius 1 is 1.26 bits per heavy atom.